The van der Waals surface area contributed by atoms with E-state index in [1.165, 1.54) is 88.2 Å². The van der Waals surface area contributed by atoms with Gasteiger partial charge in [0.2, 0.25) is 0 Å². The molecule has 0 bridgehead atoms. The summed E-state index contributed by atoms with van der Waals surface area (Å²) < 4.78 is 1.84. The van der Waals surface area contributed by atoms with Crippen LogP contribution in [0.15, 0.2) is 37.0 Å². The number of carbonyl (C=O) groups excluding carboxylic acids is 1. The predicted molar refractivity (Wildman–Crippen MR) is 173 cm³/mol. The standard InChI is InChI=1S/C27H39N7O2.C7H14/c1-20-7-6-8-21(2)23(13-20)15-33-19-34(18-32(27(33)36)14-22-9-4-3-5-10-22)26-24-25(28-16-29-26)31(11-12-35)17-30-24;1-2-4-6-7-5-3-1/h16-17,22-23,35H,1-15,18-19H2;1-7H2. The summed E-state index contributed by atoms with van der Waals surface area (Å²) in [7, 11) is 0. The van der Waals surface area contributed by atoms with Crippen molar-refractivity contribution in [1.29, 1.82) is 0 Å². The minimum Gasteiger partial charge on any atom is -0.395 e. The topological polar surface area (TPSA) is 90.6 Å². The number of aliphatic hydroxyl groups excluding tert-OH is 1. The molecule has 1 atom stereocenters. The molecule has 1 aliphatic heterocycles. The van der Waals surface area contributed by atoms with Crippen molar-refractivity contribution in [3.63, 3.8) is 0 Å². The van der Waals surface area contributed by atoms with E-state index in [1.807, 2.05) is 14.4 Å². The molecule has 3 saturated carbocycles. The first-order valence-electron chi connectivity index (χ1n) is 16.9. The van der Waals surface area contributed by atoms with Crippen LogP contribution in [0.4, 0.5) is 10.6 Å². The third-order valence-electron chi connectivity index (χ3n) is 9.78. The normalized spacial score (nSPS) is 22.8. The fraction of sp³-hybridized carbons (Fsp3) is 0.706. The van der Waals surface area contributed by atoms with E-state index < -0.39 is 0 Å². The lowest BCUT2D eigenvalue weighted by Crippen LogP contribution is -2.60. The van der Waals surface area contributed by atoms with Crippen LogP contribution in [0.25, 0.3) is 11.2 Å². The lowest BCUT2D eigenvalue weighted by atomic mass is 9.89. The second kappa shape index (κ2) is 15.7. The van der Waals surface area contributed by atoms with Gasteiger partial charge < -0.3 is 24.4 Å². The Bertz CT molecular complexity index is 1200. The van der Waals surface area contributed by atoms with Crippen LogP contribution in [0.1, 0.15) is 103 Å². The highest BCUT2D eigenvalue weighted by atomic mass is 16.3. The first kappa shape index (κ1) is 31.5. The van der Waals surface area contributed by atoms with E-state index in [-0.39, 0.29) is 18.6 Å². The summed E-state index contributed by atoms with van der Waals surface area (Å²) in [4.78, 5) is 33.5. The van der Waals surface area contributed by atoms with Crippen LogP contribution >= 0.6 is 0 Å². The number of imidazole rings is 1. The van der Waals surface area contributed by atoms with Crippen LogP contribution in [0, 0.1) is 11.8 Å². The Morgan fingerprint density at radius 2 is 1.47 bits per heavy atom. The fourth-order valence-electron chi connectivity index (χ4n) is 7.30. The smallest absolute Gasteiger partial charge is 0.322 e. The second-order valence-electron chi connectivity index (χ2n) is 13.2. The quantitative estimate of drug-likeness (QED) is 0.279. The molecule has 3 heterocycles. The summed E-state index contributed by atoms with van der Waals surface area (Å²) in [5.41, 5.74) is 3.88. The lowest BCUT2D eigenvalue weighted by Gasteiger charge is -2.45. The molecule has 4 fully saturated rings. The Kier molecular flexibility index (Phi) is 11.5. The highest BCUT2D eigenvalue weighted by Crippen LogP contribution is 2.33. The zero-order chi connectivity index (χ0) is 30.0. The van der Waals surface area contributed by atoms with Crippen LogP contribution in [0.2, 0.25) is 0 Å². The molecule has 0 radical (unpaired) electrons. The summed E-state index contributed by atoms with van der Waals surface area (Å²) in [6.45, 7) is 11.4. The number of anilines is 1. The Balaban J connectivity index is 0.000000463. The molecule has 0 spiro atoms. The molecule has 2 amide bonds. The summed E-state index contributed by atoms with van der Waals surface area (Å²) in [6.07, 6.45) is 24.0. The van der Waals surface area contributed by atoms with Crippen LogP contribution < -0.4 is 4.90 Å². The van der Waals surface area contributed by atoms with Crippen molar-refractivity contribution in [2.45, 2.75) is 109 Å². The van der Waals surface area contributed by atoms with Gasteiger partial charge in [-0.1, -0.05) is 88.5 Å². The van der Waals surface area contributed by atoms with E-state index in [0.717, 1.165) is 38.0 Å². The number of hydrogen-bond acceptors (Lipinski definition) is 6. The molecule has 1 saturated heterocycles. The van der Waals surface area contributed by atoms with Crippen molar-refractivity contribution < 1.29 is 9.90 Å². The van der Waals surface area contributed by atoms with Gasteiger partial charge in [-0.2, -0.15) is 0 Å². The fourth-order valence-corrected chi connectivity index (χ4v) is 7.30. The number of nitrogens with zero attached hydrogens (tertiary/aromatic N) is 7. The molecule has 3 aliphatic carbocycles. The molecule has 9 nitrogen and oxygen atoms in total. The number of amides is 2. The highest BCUT2D eigenvalue weighted by molar-refractivity contribution is 5.85. The van der Waals surface area contributed by atoms with Gasteiger partial charge in [0.1, 0.15) is 6.33 Å². The van der Waals surface area contributed by atoms with Crippen LogP contribution in [-0.4, -0.2) is 73.5 Å². The summed E-state index contributed by atoms with van der Waals surface area (Å²) in [5, 5.41) is 9.42. The molecule has 2 aromatic heterocycles. The first-order chi connectivity index (χ1) is 21.0. The summed E-state index contributed by atoms with van der Waals surface area (Å²) in [6, 6.07) is 0.107. The average molecular weight is 592 g/mol. The van der Waals surface area contributed by atoms with E-state index in [4.69, 9.17) is 0 Å². The van der Waals surface area contributed by atoms with Crippen molar-refractivity contribution >= 4 is 23.0 Å². The predicted octanol–water partition coefficient (Wildman–Crippen LogP) is 6.89. The van der Waals surface area contributed by atoms with Gasteiger partial charge in [-0.05, 0) is 44.4 Å². The van der Waals surface area contributed by atoms with Crippen LogP contribution in [0.3, 0.4) is 0 Å². The van der Waals surface area contributed by atoms with Gasteiger partial charge in [-0.25, -0.2) is 19.7 Å². The second-order valence-corrected chi connectivity index (χ2v) is 13.2. The third-order valence-corrected chi connectivity index (χ3v) is 9.78. The Hall–Kier alpha value is -2.94. The molecule has 4 aliphatic rings. The van der Waals surface area contributed by atoms with E-state index in [9.17, 15) is 9.90 Å². The van der Waals surface area contributed by atoms with Crippen LogP contribution in [0.5, 0.6) is 0 Å². The van der Waals surface area contributed by atoms with E-state index in [1.54, 1.807) is 12.7 Å². The number of aliphatic hydroxyl groups is 1. The van der Waals surface area contributed by atoms with Crippen molar-refractivity contribution in [2.24, 2.45) is 11.8 Å². The highest BCUT2D eigenvalue weighted by Gasteiger charge is 2.35. The van der Waals surface area contributed by atoms with Crippen molar-refractivity contribution in [2.75, 3.05) is 37.9 Å². The average Bonchev–Trinajstić information content (AvgIpc) is 3.16. The molecular weight excluding hydrogens is 538 g/mol. The lowest BCUT2D eigenvalue weighted by molar-refractivity contribution is 0.111. The van der Waals surface area contributed by atoms with Crippen molar-refractivity contribution in [1.82, 2.24) is 29.3 Å². The number of aromatic nitrogens is 4. The molecule has 9 heteroatoms. The van der Waals surface area contributed by atoms with E-state index >= 15 is 0 Å². The monoisotopic (exact) mass is 591 g/mol. The Labute approximate surface area is 258 Å². The minimum absolute atomic E-state index is 0.0164. The third kappa shape index (κ3) is 8.37. The number of rotatable bonds is 7. The van der Waals surface area contributed by atoms with Crippen molar-refractivity contribution in [3.05, 3.63) is 37.0 Å². The number of hydrogen-bond donors (Lipinski definition) is 1. The molecule has 236 valence electrons. The maximum absolute atomic E-state index is 13.8. The molecule has 0 aromatic carbocycles. The number of carbonyl (C=O) groups is 1. The van der Waals surface area contributed by atoms with Gasteiger partial charge in [-0.15, -0.1) is 0 Å². The van der Waals surface area contributed by atoms with Crippen LogP contribution in [-0.2, 0) is 6.54 Å². The molecule has 43 heavy (non-hydrogen) atoms. The summed E-state index contributed by atoms with van der Waals surface area (Å²) >= 11 is 0. The zero-order valence-electron chi connectivity index (χ0n) is 26.3. The van der Waals surface area contributed by atoms with Gasteiger partial charge >= 0.3 is 6.03 Å². The van der Waals surface area contributed by atoms with Gasteiger partial charge in [0, 0.05) is 25.6 Å². The van der Waals surface area contributed by atoms with Crippen molar-refractivity contribution in [3.8, 4) is 0 Å². The van der Waals surface area contributed by atoms with Gasteiger partial charge in [-0.3, -0.25) is 0 Å². The molecule has 1 N–H and O–H groups in total. The largest absolute Gasteiger partial charge is 0.395 e. The Morgan fingerprint density at radius 1 is 0.814 bits per heavy atom. The minimum atomic E-state index is 0.0164. The summed E-state index contributed by atoms with van der Waals surface area (Å²) in [5.74, 6) is 1.51. The number of urea groups is 1. The van der Waals surface area contributed by atoms with Gasteiger partial charge in [0.15, 0.2) is 17.0 Å². The van der Waals surface area contributed by atoms with Gasteiger partial charge in [0.05, 0.1) is 26.3 Å². The molecule has 2 aromatic rings. The molecule has 1 unspecified atom stereocenters. The van der Waals surface area contributed by atoms with E-state index in [2.05, 4.69) is 33.0 Å². The molecule has 6 rings (SSSR count). The van der Waals surface area contributed by atoms with E-state index in [0.29, 0.717) is 43.5 Å². The zero-order valence-corrected chi connectivity index (χ0v) is 26.3. The SMILES string of the molecule is C1CCCCCC1.C=C1CCCC(=C)C(CN2CN(c3ncnc4c3ncn4CCO)CN(CC3CCCCC3)C2=O)C1. The molecular formula is C34H53N7O2. The van der Waals surface area contributed by atoms with Gasteiger partial charge in [0.25, 0.3) is 0 Å². The number of allylic oxidation sites excluding steroid dienone is 1. The maximum atomic E-state index is 13.8. The number of fused-ring (bicyclic) bond motifs is 1. The maximum Gasteiger partial charge on any atom is 0.322 e. The first-order valence-corrected chi connectivity index (χ1v) is 16.9. The Morgan fingerprint density at radius 3 is 2.14 bits per heavy atom.